The second-order valence-corrected chi connectivity index (χ2v) is 7.03. The van der Waals surface area contributed by atoms with E-state index in [-0.39, 0.29) is 12.4 Å². The Labute approximate surface area is 166 Å². The molecule has 0 aliphatic heterocycles. The highest BCUT2D eigenvalue weighted by molar-refractivity contribution is 5.71. The Morgan fingerprint density at radius 2 is 1.43 bits per heavy atom. The Kier molecular flexibility index (Phi) is 6.12. The summed E-state index contributed by atoms with van der Waals surface area (Å²) in [5.41, 5.74) is 7.20. The molecule has 1 N–H and O–H groups in total. The highest BCUT2D eigenvalue weighted by Gasteiger charge is 2.31. The molecule has 0 saturated carbocycles. The van der Waals surface area contributed by atoms with Gasteiger partial charge in [0.2, 0.25) is 0 Å². The van der Waals surface area contributed by atoms with Crippen LogP contribution in [0.25, 0.3) is 11.1 Å². The van der Waals surface area contributed by atoms with Crippen LogP contribution in [0.1, 0.15) is 18.9 Å². The molecular formula is C24H26N2O2. The van der Waals surface area contributed by atoms with Gasteiger partial charge in [-0.15, -0.1) is 0 Å². The molecule has 3 rings (SSSR count). The van der Waals surface area contributed by atoms with Gasteiger partial charge in [-0.2, -0.15) is 0 Å². The number of nitrogens with zero attached hydrogens (tertiary/aromatic N) is 1. The van der Waals surface area contributed by atoms with Crippen molar-refractivity contribution < 1.29 is 9.53 Å². The molecule has 1 unspecified atom stereocenters. The first-order valence-electron chi connectivity index (χ1n) is 9.31. The molecule has 0 fully saturated rings. The van der Waals surface area contributed by atoms with E-state index in [2.05, 4.69) is 41.8 Å². The zero-order valence-electron chi connectivity index (χ0n) is 16.6. The summed E-state index contributed by atoms with van der Waals surface area (Å²) in [5.74, 6) is -0.261. The fourth-order valence-electron chi connectivity index (χ4n) is 3.31. The van der Waals surface area contributed by atoms with Crippen molar-refractivity contribution in [1.29, 1.82) is 0 Å². The van der Waals surface area contributed by atoms with Crippen molar-refractivity contribution in [2.75, 3.05) is 19.2 Å². The minimum Gasteiger partial charge on any atom is -0.469 e. The fourth-order valence-corrected chi connectivity index (χ4v) is 3.31. The molecule has 3 aromatic rings. The molecule has 0 bridgehead atoms. The number of hydrogen-bond acceptors (Lipinski definition) is 4. The van der Waals surface area contributed by atoms with Crippen LogP contribution in [0.4, 0.5) is 5.69 Å². The van der Waals surface area contributed by atoms with Gasteiger partial charge in [0.25, 0.3) is 0 Å². The molecule has 3 aromatic carbocycles. The predicted octanol–water partition coefficient (Wildman–Crippen LogP) is 4.77. The molecule has 0 radical (unpaired) electrons. The maximum absolute atomic E-state index is 12.1. The summed E-state index contributed by atoms with van der Waals surface area (Å²) in [4.78, 5) is 12.1. The third-order valence-electron chi connectivity index (χ3n) is 4.91. The van der Waals surface area contributed by atoms with Crippen molar-refractivity contribution in [3.63, 3.8) is 0 Å². The quantitative estimate of drug-likeness (QED) is 0.478. The predicted molar refractivity (Wildman–Crippen MR) is 114 cm³/mol. The van der Waals surface area contributed by atoms with E-state index in [9.17, 15) is 4.79 Å². The summed E-state index contributed by atoms with van der Waals surface area (Å²) in [6.45, 7) is 2.01. The first-order valence-corrected chi connectivity index (χ1v) is 9.31. The van der Waals surface area contributed by atoms with Crippen LogP contribution in [0.2, 0.25) is 0 Å². The lowest BCUT2D eigenvalue weighted by atomic mass is 9.88. The number of para-hydroxylation sites is 1. The van der Waals surface area contributed by atoms with Gasteiger partial charge in [0, 0.05) is 7.05 Å². The highest BCUT2D eigenvalue weighted by atomic mass is 16.5. The minimum absolute atomic E-state index is 0.214. The number of ether oxygens (including phenoxy) is 1. The molecular weight excluding hydrogens is 348 g/mol. The van der Waals surface area contributed by atoms with Gasteiger partial charge in [-0.1, -0.05) is 72.8 Å². The number of esters is 1. The molecule has 0 saturated heterocycles. The van der Waals surface area contributed by atoms with Crippen LogP contribution in [-0.2, 0) is 15.1 Å². The van der Waals surface area contributed by atoms with Gasteiger partial charge < -0.3 is 9.75 Å². The normalized spacial score (nSPS) is 12.8. The van der Waals surface area contributed by atoms with E-state index in [1.165, 1.54) is 7.11 Å². The van der Waals surface area contributed by atoms with Crippen LogP contribution < -0.4 is 10.4 Å². The van der Waals surface area contributed by atoms with Crippen molar-refractivity contribution in [3.8, 4) is 11.1 Å². The second kappa shape index (κ2) is 8.72. The largest absolute Gasteiger partial charge is 0.469 e. The van der Waals surface area contributed by atoms with E-state index in [1.807, 2.05) is 67.5 Å². The van der Waals surface area contributed by atoms with Crippen LogP contribution in [0.3, 0.4) is 0 Å². The van der Waals surface area contributed by atoms with Gasteiger partial charge >= 0.3 is 5.97 Å². The Hall–Kier alpha value is -3.11. The first kappa shape index (κ1) is 19.6. The molecule has 0 aliphatic carbocycles. The van der Waals surface area contributed by atoms with Crippen LogP contribution in [0.15, 0.2) is 84.9 Å². The van der Waals surface area contributed by atoms with Gasteiger partial charge in [-0.25, -0.2) is 5.43 Å². The standard InChI is InChI=1S/C24H26N2O2/c1-24(18-23(27)28-3,25-26(2)22-12-8-5-9-13-22)21-16-14-20(15-17-21)19-10-6-4-7-11-19/h4-17,25H,18H2,1-3H3. The number of anilines is 1. The Morgan fingerprint density at radius 1 is 0.893 bits per heavy atom. The molecule has 4 heteroatoms. The SMILES string of the molecule is COC(=O)CC(C)(NN(C)c1ccccc1)c1ccc(-c2ccccc2)cc1. The molecule has 4 nitrogen and oxygen atoms in total. The maximum atomic E-state index is 12.1. The number of carbonyl (C=O) groups excluding carboxylic acids is 1. The van der Waals surface area contributed by atoms with E-state index >= 15 is 0 Å². The number of methoxy groups -OCH3 is 1. The number of hydrogen-bond donors (Lipinski definition) is 1. The number of hydrazine groups is 1. The Morgan fingerprint density at radius 3 is 2.00 bits per heavy atom. The van der Waals surface area contributed by atoms with Gasteiger partial charge in [-0.3, -0.25) is 4.79 Å². The van der Waals surface area contributed by atoms with E-state index in [1.54, 1.807) is 0 Å². The average molecular weight is 374 g/mol. The lowest BCUT2D eigenvalue weighted by Gasteiger charge is -2.36. The zero-order valence-corrected chi connectivity index (χ0v) is 16.6. The van der Waals surface area contributed by atoms with Crippen molar-refractivity contribution in [1.82, 2.24) is 5.43 Å². The van der Waals surface area contributed by atoms with Gasteiger partial charge in [0.05, 0.1) is 24.8 Å². The number of benzene rings is 3. The highest BCUT2D eigenvalue weighted by Crippen LogP contribution is 2.29. The van der Waals surface area contributed by atoms with Crippen molar-refractivity contribution in [3.05, 3.63) is 90.5 Å². The van der Waals surface area contributed by atoms with E-state index < -0.39 is 5.54 Å². The molecule has 0 aromatic heterocycles. The molecule has 1 atom stereocenters. The summed E-state index contributed by atoms with van der Waals surface area (Å²) < 4.78 is 4.95. The van der Waals surface area contributed by atoms with Gasteiger partial charge in [0.1, 0.15) is 0 Å². The van der Waals surface area contributed by atoms with Crippen molar-refractivity contribution >= 4 is 11.7 Å². The van der Waals surface area contributed by atoms with E-state index in [0.717, 1.165) is 22.4 Å². The summed E-state index contributed by atoms with van der Waals surface area (Å²) in [6, 6.07) is 28.5. The van der Waals surface area contributed by atoms with Crippen molar-refractivity contribution in [2.24, 2.45) is 0 Å². The summed E-state index contributed by atoms with van der Waals surface area (Å²) in [6.07, 6.45) is 0.214. The van der Waals surface area contributed by atoms with Crippen LogP contribution in [0.5, 0.6) is 0 Å². The fraction of sp³-hybridized carbons (Fsp3) is 0.208. The van der Waals surface area contributed by atoms with Crippen LogP contribution in [0, 0.1) is 0 Å². The lowest BCUT2D eigenvalue weighted by molar-refractivity contribution is -0.142. The van der Waals surface area contributed by atoms with Gasteiger partial charge in [0.15, 0.2) is 0 Å². The smallest absolute Gasteiger partial charge is 0.307 e. The van der Waals surface area contributed by atoms with Crippen molar-refractivity contribution in [2.45, 2.75) is 18.9 Å². The first-order chi connectivity index (χ1) is 13.5. The Balaban J connectivity index is 1.89. The zero-order chi connectivity index (χ0) is 20.0. The monoisotopic (exact) mass is 374 g/mol. The number of carbonyl (C=O) groups is 1. The number of nitrogens with one attached hydrogen (secondary N) is 1. The lowest BCUT2D eigenvalue weighted by Crippen LogP contribution is -2.50. The van der Waals surface area contributed by atoms with E-state index in [4.69, 9.17) is 4.74 Å². The summed E-state index contributed by atoms with van der Waals surface area (Å²) in [7, 11) is 3.37. The number of rotatable bonds is 7. The van der Waals surface area contributed by atoms with Gasteiger partial charge in [-0.05, 0) is 35.7 Å². The third kappa shape index (κ3) is 4.59. The maximum Gasteiger partial charge on any atom is 0.307 e. The Bertz CT molecular complexity index is 895. The molecule has 28 heavy (non-hydrogen) atoms. The molecule has 0 spiro atoms. The molecule has 144 valence electrons. The average Bonchev–Trinajstić information content (AvgIpc) is 2.75. The topological polar surface area (TPSA) is 41.6 Å². The van der Waals surface area contributed by atoms with Crippen LogP contribution >= 0.6 is 0 Å². The summed E-state index contributed by atoms with van der Waals surface area (Å²) in [5, 5.41) is 1.94. The minimum atomic E-state index is -0.618. The second-order valence-electron chi connectivity index (χ2n) is 7.03. The molecule has 0 heterocycles. The molecule has 0 amide bonds. The molecule has 0 aliphatic rings. The van der Waals surface area contributed by atoms with E-state index in [0.29, 0.717) is 0 Å². The van der Waals surface area contributed by atoms with Crippen LogP contribution in [-0.4, -0.2) is 20.1 Å². The third-order valence-corrected chi connectivity index (χ3v) is 4.91. The summed E-state index contributed by atoms with van der Waals surface area (Å²) >= 11 is 0.